The SMILES string of the molecule is Cc1ccc(C)c(Oc2nccc(C#N)c2N)c1. The van der Waals surface area contributed by atoms with Crippen LogP contribution < -0.4 is 10.5 Å². The summed E-state index contributed by atoms with van der Waals surface area (Å²) in [6.45, 7) is 3.92. The van der Waals surface area contributed by atoms with E-state index in [9.17, 15) is 0 Å². The molecule has 0 saturated carbocycles. The van der Waals surface area contributed by atoms with Gasteiger partial charge in [-0.1, -0.05) is 12.1 Å². The van der Waals surface area contributed by atoms with Gasteiger partial charge in [-0.25, -0.2) is 4.98 Å². The molecule has 2 N–H and O–H groups in total. The number of benzene rings is 1. The maximum Gasteiger partial charge on any atom is 0.244 e. The van der Waals surface area contributed by atoms with Crippen molar-refractivity contribution >= 4 is 5.69 Å². The van der Waals surface area contributed by atoms with Crippen LogP contribution >= 0.6 is 0 Å². The number of ether oxygens (including phenoxy) is 1. The fourth-order valence-electron chi connectivity index (χ4n) is 1.55. The molecule has 0 fully saturated rings. The van der Waals surface area contributed by atoms with Crippen molar-refractivity contribution in [2.45, 2.75) is 13.8 Å². The third-order valence-corrected chi connectivity index (χ3v) is 2.62. The first-order valence-electron chi connectivity index (χ1n) is 5.51. The Morgan fingerprint density at radius 2 is 2.06 bits per heavy atom. The zero-order valence-corrected chi connectivity index (χ0v) is 10.3. The second-order valence-corrected chi connectivity index (χ2v) is 4.06. The minimum Gasteiger partial charge on any atom is -0.437 e. The van der Waals surface area contributed by atoms with E-state index in [4.69, 9.17) is 15.7 Å². The van der Waals surface area contributed by atoms with E-state index in [1.807, 2.05) is 38.1 Å². The van der Waals surface area contributed by atoms with E-state index in [0.29, 0.717) is 11.3 Å². The number of aryl methyl sites for hydroxylation is 2. The highest BCUT2D eigenvalue weighted by molar-refractivity contribution is 5.60. The van der Waals surface area contributed by atoms with Gasteiger partial charge in [-0.05, 0) is 37.1 Å². The van der Waals surface area contributed by atoms with Crippen molar-refractivity contribution in [3.8, 4) is 17.7 Å². The molecule has 0 unspecified atom stereocenters. The molecular weight excluding hydrogens is 226 g/mol. The summed E-state index contributed by atoms with van der Waals surface area (Å²) in [6, 6.07) is 9.45. The average molecular weight is 239 g/mol. The van der Waals surface area contributed by atoms with Crippen LogP contribution in [0, 0.1) is 25.2 Å². The topological polar surface area (TPSA) is 71.9 Å². The van der Waals surface area contributed by atoms with Crippen LogP contribution in [0.2, 0.25) is 0 Å². The Morgan fingerprint density at radius 3 is 2.78 bits per heavy atom. The highest BCUT2D eigenvalue weighted by atomic mass is 16.5. The average Bonchev–Trinajstić information content (AvgIpc) is 2.36. The smallest absolute Gasteiger partial charge is 0.244 e. The van der Waals surface area contributed by atoms with E-state index in [0.717, 1.165) is 11.1 Å². The number of aromatic nitrogens is 1. The van der Waals surface area contributed by atoms with E-state index < -0.39 is 0 Å². The van der Waals surface area contributed by atoms with Gasteiger partial charge in [-0.3, -0.25) is 0 Å². The van der Waals surface area contributed by atoms with Crippen LogP contribution in [-0.2, 0) is 0 Å². The molecular formula is C14H13N3O. The van der Waals surface area contributed by atoms with Gasteiger partial charge in [0.15, 0.2) is 0 Å². The van der Waals surface area contributed by atoms with E-state index in [1.165, 1.54) is 6.20 Å². The maximum atomic E-state index is 8.89. The van der Waals surface area contributed by atoms with E-state index in [1.54, 1.807) is 6.07 Å². The molecule has 1 heterocycles. The molecule has 18 heavy (non-hydrogen) atoms. The van der Waals surface area contributed by atoms with Crippen LogP contribution in [0.1, 0.15) is 16.7 Å². The second-order valence-electron chi connectivity index (χ2n) is 4.06. The van der Waals surface area contributed by atoms with Crippen LogP contribution in [0.15, 0.2) is 30.5 Å². The number of nitrogen functional groups attached to an aromatic ring is 1. The third-order valence-electron chi connectivity index (χ3n) is 2.62. The van der Waals surface area contributed by atoms with E-state index >= 15 is 0 Å². The Kier molecular flexibility index (Phi) is 3.16. The Balaban J connectivity index is 2.41. The lowest BCUT2D eigenvalue weighted by atomic mass is 10.1. The molecule has 0 radical (unpaired) electrons. The molecule has 0 aliphatic heterocycles. The van der Waals surface area contributed by atoms with Crippen LogP contribution in [-0.4, -0.2) is 4.98 Å². The largest absolute Gasteiger partial charge is 0.437 e. The fraction of sp³-hybridized carbons (Fsp3) is 0.143. The van der Waals surface area contributed by atoms with Gasteiger partial charge in [0, 0.05) is 6.20 Å². The lowest BCUT2D eigenvalue weighted by Gasteiger charge is -2.10. The Bertz CT molecular complexity index is 629. The number of nitriles is 1. The third kappa shape index (κ3) is 2.25. The Labute approximate surface area is 106 Å². The normalized spacial score (nSPS) is 9.83. The maximum absolute atomic E-state index is 8.89. The van der Waals surface area contributed by atoms with Crippen molar-refractivity contribution in [3.05, 3.63) is 47.2 Å². The summed E-state index contributed by atoms with van der Waals surface area (Å²) < 4.78 is 5.68. The molecule has 0 atom stereocenters. The summed E-state index contributed by atoms with van der Waals surface area (Å²) >= 11 is 0. The molecule has 1 aromatic carbocycles. The first-order valence-corrected chi connectivity index (χ1v) is 5.51. The summed E-state index contributed by atoms with van der Waals surface area (Å²) in [5, 5.41) is 8.89. The zero-order valence-electron chi connectivity index (χ0n) is 10.3. The summed E-state index contributed by atoms with van der Waals surface area (Å²) in [5.41, 5.74) is 8.53. The van der Waals surface area contributed by atoms with Crippen molar-refractivity contribution < 1.29 is 4.74 Å². The zero-order chi connectivity index (χ0) is 13.1. The lowest BCUT2D eigenvalue weighted by molar-refractivity contribution is 0.461. The highest BCUT2D eigenvalue weighted by Gasteiger charge is 2.09. The molecule has 90 valence electrons. The van der Waals surface area contributed by atoms with Gasteiger partial charge in [0.2, 0.25) is 5.88 Å². The lowest BCUT2D eigenvalue weighted by Crippen LogP contribution is -1.98. The monoisotopic (exact) mass is 239 g/mol. The van der Waals surface area contributed by atoms with Gasteiger partial charge in [-0.2, -0.15) is 5.26 Å². The van der Waals surface area contributed by atoms with Crippen LogP contribution in [0.5, 0.6) is 11.6 Å². The van der Waals surface area contributed by atoms with E-state index in [2.05, 4.69) is 4.98 Å². The molecule has 4 nitrogen and oxygen atoms in total. The van der Waals surface area contributed by atoms with Gasteiger partial charge in [0.1, 0.15) is 17.5 Å². The molecule has 0 spiro atoms. The summed E-state index contributed by atoms with van der Waals surface area (Å²) in [7, 11) is 0. The van der Waals surface area contributed by atoms with Crippen LogP contribution in [0.25, 0.3) is 0 Å². The molecule has 1 aromatic heterocycles. The molecule has 0 bridgehead atoms. The fourth-order valence-corrected chi connectivity index (χ4v) is 1.55. The van der Waals surface area contributed by atoms with Gasteiger partial charge in [0.05, 0.1) is 5.56 Å². The number of anilines is 1. The number of nitrogens with two attached hydrogens (primary N) is 1. The molecule has 2 aromatic rings. The standard InChI is InChI=1S/C14H13N3O/c1-9-3-4-10(2)12(7-9)18-14-13(16)11(8-15)5-6-17-14/h3-7H,16H2,1-2H3. The molecule has 0 amide bonds. The molecule has 0 aliphatic rings. The van der Waals surface area contributed by atoms with Crippen molar-refractivity contribution in [3.63, 3.8) is 0 Å². The number of hydrogen-bond acceptors (Lipinski definition) is 4. The highest BCUT2D eigenvalue weighted by Crippen LogP contribution is 2.29. The number of hydrogen-bond donors (Lipinski definition) is 1. The predicted molar refractivity (Wildman–Crippen MR) is 69.4 cm³/mol. The van der Waals surface area contributed by atoms with Gasteiger partial charge in [-0.15, -0.1) is 0 Å². The summed E-state index contributed by atoms with van der Waals surface area (Å²) in [6.07, 6.45) is 1.51. The minimum absolute atomic E-state index is 0.265. The number of nitrogens with zero attached hydrogens (tertiary/aromatic N) is 2. The van der Waals surface area contributed by atoms with Crippen LogP contribution in [0.3, 0.4) is 0 Å². The number of rotatable bonds is 2. The van der Waals surface area contributed by atoms with E-state index in [-0.39, 0.29) is 11.6 Å². The summed E-state index contributed by atoms with van der Waals surface area (Å²) in [4.78, 5) is 4.05. The second kappa shape index (κ2) is 4.76. The first kappa shape index (κ1) is 11.9. The first-order chi connectivity index (χ1) is 8.61. The summed E-state index contributed by atoms with van der Waals surface area (Å²) in [5.74, 6) is 0.965. The quantitative estimate of drug-likeness (QED) is 0.874. The van der Waals surface area contributed by atoms with Crippen molar-refractivity contribution in [2.24, 2.45) is 0 Å². The van der Waals surface area contributed by atoms with Crippen LogP contribution in [0.4, 0.5) is 5.69 Å². The van der Waals surface area contributed by atoms with Gasteiger partial charge in [0.25, 0.3) is 0 Å². The molecule has 2 rings (SSSR count). The van der Waals surface area contributed by atoms with Crippen molar-refractivity contribution in [1.82, 2.24) is 4.98 Å². The molecule has 0 aliphatic carbocycles. The Hall–Kier alpha value is -2.54. The van der Waals surface area contributed by atoms with Gasteiger partial charge >= 0.3 is 0 Å². The minimum atomic E-state index is 0.265. The predicted octanol–water partition coefficient (Wildman–Crippen LogP) is 2.94. The Morgan fingerprint density at radius 1 is 1.28 bits per heavy atom. The van der Waals surface area contributed by atoms with Crippen molar-refractivity contribution in [1.29, 1.82) is 5.26 Å². The number of pyridine rings is 1. The van der Waals surface area contributed by atoms with Crippen molar-refractivity contribution in [2.75, 3.05) is 5.73 Å². The van der Waals surface area contributed by atoms with Gasteiger partial charge < -0.3 is 10.5 Å². The molecule has 4 heteroatoms. The molecule has 0 saturated heterocycles.